The highest BCUT2D eigenvalue weighted by molar-refractivity contribution is 7.92. The number of hydrogen-bond donors (Lipinski definition) is 0. The molecular formula is C20H23Cl2NO4S. The van der Waals surface area contributed by atoms with E-state index in [-0.39, 0.29) is 21.5 Å². The number of esters is 1. The van der Waals surface area contributed by atoms with Crippen LogP contribution >= 0.6 is 23.2 Å². The second kappa shape index (κ2) is 9.63. The molecular weight excluding hydrogens is 421 g/mol. The Morgan fingerprint density at radius 3 is 2.11 bits per heavy atom. The van der Waals surface area contributed by atoms with Crippen molar-refractivity contribution in [2.75, 3.05) is 17.5 Å². The normalized spacial score (nSPS) is 11.3. The number of ether oxygens (including phenoxy) is 1. The monoisotopic (exact) mass is 443 g/mol. The van der Waals surface area contributed by atoms with Crippen molar-refractivity contribution in [2.24, 2.45) is 0 Å². The molecule has 0 radical (unpaired) electrons. The maximum Gasteiger partial charge on any atom is 0.326 e. The lowest BCUT2D eigenvalue weighted by molar-refractivity contribution is -0.141. The van der Waals surface area contributed by atoms with E-state index >= 15 is 0 Å². The Morgan fingerprint density at radius 1 is 1.00 bits per heavy atom. The van der Waals surface area contributed by atoms with Crippen molar-refractivity contribution in [3.05, 3.63) is 57.6 Å². The summed E-state index contributed by atoms with van der Waals surface area (Å²) in [6, 6.07) is 9.69. The van der Waals surface area contributed by atoms with Crippen LogP contribution in [0.4, 0.5) is 5.69 Å². The number of hydrogen-bond acceptors (Lipinski definition) is 4. The number of para-hydroxylation sites is 1. The number of aryl methyl sites for hydroxylation is 2. The molecule has 5 nitrogen and oxygen atoms in total. The van der Waals surface area contributed by atoms with Crippen LogP contribution in [0.25, 0.3) is 0 Å². The Labute approximate surface area is 176 Å². The Balaban J connectivity index is 2.69. The van der Waals surface area contributed by atoms with E-state index in [0.29, 0.717) is 18.5 Å². The molecule has 152 valence electrons. The van der Waals surface area contributed by atoms with Gasteiger partial charge in [-0.05, 0) is 49.1 Å². The zero-order valence-corrected chi connectivity index (χ0v) is 18.4. The van der Waals surface area contributed by atoms with Gasteiger partial charge in [-0.2, -0.15) is 0 Å². The summed E-state index contributed by atoms with van der Waals surface area (Å²) in [6.45, 7) is 5.28. The van der Waals surface area contributed by atoms with Crippen LogP contribution in [-0.4, -0.2) is 27.5 Å². The summed E-state index contributed by atoms with van der Waals surface area (Å²) in [4.78, 5) is 12.2. The van der Waals surface area contributed by atoms with E-state index in [1.54, 1.807) is 6.92 Å². The fourth-order valence-electron chi connectivity index (χ4n) is 2.91. The average molecular weight is 444 g/mol. The van der Waals surface area contributed by atoms with Crippen LogP contribution in [0.3, 0.4) is 0 Å². The SMILES string of the molecule is CCOC(=O)CN(c1c(CC)cccc1CC)S(=O)(=O)c1ccc(Cl)c(Cl)c1. The molecule has 0 amide bonds. The minimum atomic E-state index is -4.08. The number of carbonyl (C=O) groups is 1. The molecule has 0 spiro atoms. The third-order valence-corrected chi connectivity index (χ3v) is 6.75. The van der Waals surface area contributed by atoms with Crippen LogP contribution in [-0.2, 0) is 32.4 Å². The Kier molecular flexibility index (Phi) is 7.75. The van der Waals surface area contributed by atoms with Gasteiger partial charge in [0.25, 0.3) is 10.0 Å². The quantitative estimate of drug-likeness (QED) is 0.545. The van der Waals surface area contributed by atoms with Gasteiger partial charge in [0.1, 0.15) is 6.54 Å². The number of halogens is 2. The maximum atomic E-state index is 13.5. The number of benzene rings is 2. The first kappa shape index (κ1) is 22.5. The number of anilines is 1. The van der Waals surface area contributed by atoms with Crippen molar-refractivity contribution >= 4 is 44.9 Å². The summed E-state index contributed by atoms with van der Waals surface area (Å²) in [5.41, 5.74) is 2.16. The highest BCUT2D eigenvalue weighted by Gasteiger charge is 2.31. The average Bonchev–Trinajstić information content (AvgIpc) is 2.67. The van der Waals surface area contributed by atoms with Gasteiger partial charge in [0.2, 0.25) is 0 Å². The first-order valence-electron chi connectivity index (χ1n) is 9.00. The summed E-state index contributed by atoms with van der Waals surface area (Å²) < 4.78 is 33.1. The van der Waals surface area contributed by atoms with Crippen molar-refractivity contribution in [3.8, 4) is 0 Å². The zero-order valence-electron chi connectivity index (χ0n) is 16.0. The zero-order chi connectivity index (χ0) is 20.9. The van der Waals surface area contributed by atoms with Gasteiger partial charge in [-0.15, -0.1) is 0 Å². The minimum absolute atomic E-state index is 0.0424. The Hall–Kier alpha value is -1.76. The molecule has 0 saturated heterocycles. The standard InChI is InChI=1S/C20H23Cl2NO4S/c1-4-14-8-7-9-15(5-2)20(14)23(13-19(24)27-6-3)28(25,26)16-10-11-17(21)18(22)12-16/h7-12H,4-6,13H2,1-3H3. The van der Waals surface area contributed by atoms with Gasteiger partial charge in [-0.3, -0.25) is 9.10 Å². The van der Waals surface area contributed by atoms with Gasteiger partial charge in [0.15, 0.2) is 0 Å². The third-order valence-electron chi connectivity index (χ3n) is 4.27. The van der Waals surface area contributed by atoms with Crippen molar-refractivity contribution < 1.29 is 17.9 Å². The fourth-order valence-corrected chi connectivity index (χ4v) is 4.78. The molecule has 28 heavy (non-hydrogen) atoms. The van der Waals surface area contributed by atoms with Gasteiger partial charge < -0.3 is 4.74 Å². The van der Waals surface area contributed by atoms with Gasteiger partial charge in [0.05, 0.1) is 27.2 Å². The molecule has 2 aromatic carbocycles. The van der Waals surface area contributed by atoms with E-state index in [2.05, 4.69) is 0 Å². The molecule has 2 aromatic rings. The van der Waals surface area contributed by atoms with Gasteiger partial charge >= 0.3 is 5.97 Å². The lowest BCUT2D eigenvalue weighted by atomic mass is 10.0. The van der Waals surface area contributed by atoms with Gasteiger partial charge in [0, 0.05) is 0 Å². The molecule has 0 aromatic heterocycles. The predicted molar refractivity (Wildman–Crippen MR) is 113 cm³/mol. The summed E-state index contributed by atoms with van der Waals surface area (Å²) in [5.74, 6) is -0.626. The summed E-state index contributed by atoms with van der Waals surface area (Å²) in [5, 5.41) is 0.374. The summed E-state index contributed by atoms with van der Waals surface area (Å²) >= 11 is 12.0. The highest BCUT2D eigenvalue weighted by atomic mass is 35.5. The molecule has 0 N–H and O–H groups in total. The second-order valence-electron chi connectivity index (χ2n) is 6.02. The molecule has 0 aliphatic rings. The van der Waals surface area contributed by atoms with Crippen LogP contribution in [0.15, 0.2) is 41.3 Å². The van der Waals surface area contributed by atoms with Crippen molar-refractivity contribution in [2.45, 2.75) is 38.5 Å². The lowest BCUT2D eigenvalue weighted by Gasteiger charge is -2.28. The first-order chi connectivity index (χ1) is 13.3. The van der Waals surface area contributed by atoms with Crippen LogP contribution in [0, 0.1) is 0 Å². The van der Waals surface area contributed by atoms with Crippen LogP contribution in [0.2, 0.25) is 10.0 Å². The lowest BCUT2D eigenvalue weighted by Crippen LogP contribution is -2.38. The highest BCUT2D eigenvalue weighted by Crippen LogP contribution is 2.33. The van der Waals surface area contributed by atoms with E-state index in [1.165, 1.54) is 18.2 Å². The van der Waals surface area contributed by atoms with E-state index in [0.717, 1.165) is 15.4 Å². The van der Waals surface area contributed by atoms with Crippen molar-refractivity contribution in [3.63, 3.8) is 0 Å². The van der Waals surface area contributed by atoms with E-state index < -0.39 is 22.5 Å². The van der Waals surface area contributed by atoms with Crippen LogP contribution in [0.1, 0.15) is 31.9 Å². The molecule has 2 rings (SSSR count). The summed E-state index contributed by atoms with van der Waals surface area (Å²) in [7, 11) is -4.08. The predicted octanol–water partition coefficient (Wildman–Crippen LogP) is 4.88. The molecule has 0 heterocycles. The number of carbonyl (C=O) groups excluding carboxylic acids is 1. The Bertz CT molecular complexity index is 938. The summed E-state index contributed by atoms with van der Waals surface area (Å²) in [6.07, 6.45) is 1.22. The third kappa shape index (κ3) is 4.80. The van der Waals surface area contributed by atoms with E-state index in [4.69, 9.17) is 27.9 Å². The molecule has 0 aliphatic carbocycles. The number of nitrogens with zero attached hydrogens (tertiary/aromatic N) is 1. The van der Waals surface area contributed by atoms with Crippen molar-refractivity contribution in [1.29, 1.82) is 0 Å². The largest absolute Gasteiger partial charge is 0.465 e. The number of rotatable bonds is 8. The topological polar surface area (TPSA) is 63.7 Å². The van der Waals surface area contributed by atoms with E-state index in [1.807, 2.05) is 32.0 Å². The van der Waals surface area contributed by atoms with Crippen LogP contribution < -0.4 is 4.31 Å². The smallest absolute Gasteiger partial charge is 0.326 e. The minimum Gasteiger partial charge on any atom is -0.465 e. The molecule has 0 saturated carbocycles. The Morgan fingerprint density at radius 2 is 1.61 bits per heavy atom. The molecule has 0 bridgehead atoms. The molecule has 8 heteroatoms. The van der Waals surface area contributed by atoms with Crippen LogP contribution in [0.5, 0.6) is 0 Å². The molecule has 0 atom stereocenters. The fraction of sp³-hybridized carbons (Fsp3) is 0.350. The molecule has 0 unspecified atom stereocenters. The van der Waals surface area contributed by atoms with E-state index in [9.17, 15) is 13.2 Å². The maximum absolute atomic E-state index is 13.5. The molecule has 0 aliphatic heterocycles. The van der Waals surface area contributed by atoms with Gasteiger partial charge in [-0.25, -0.2) is 8.42 Å². The van der Waals surface area contributed by atoms with Crippen molar-refractivity contribution in [1.82, 2.24) is 0 Å². The number of sulfonamides is 1. The first-order valence-corrected chi connectivity index (χ1v) is 11.2. The van der Waals surface area contributed by atoms with Gasteiger partial charge in [-0.1, -0.05) is 55.2 Å². The second-order valence-corrected chi connectivity index (χ2v) is 8.70. The molecule has 0 fully saturated rings.